The Balaban J connectivity index is 1.64. The molecular formula is C24H32FN5O4. The first kappa shape index (κ1) is 24.2. The SMILES string of the molecule is N=C1C(=C(O)CN2CCCCC2C(N)=O)C(=O)N(CC2CCC2)C(O)N1Cc1ccc(F)cc1. The van der Waals surface area contributed by atoms with E-state index in [-0.39, 0.29) is 36.2 Å². The van der Waals surface area contributed by atoms with Crippen LogP contribution in [0.3, 0.4) is 0 Å². The maximum absolute atomic E-state index is 13.4. The molecule has 1 aromatic carbocycles. The highest BCUT2D eigenvalue weighted by Gasteiger charge is 2.43. The number of amidine groups is 1. The summed E-state index contributed by atoms with van der Waals surface area (Å²) < 4.78 is 13.4. The van der Waals surface area contributed by atoms with Crippen molar-refractivity contribution in [1.29, 1.82) is 5.41 Å². The van der Waals surface area contributed by atoms with E-state index >= 15 is 0 Å². The van der Waals surface area contributed by atoms with E-state index in [0.717, 1.165) is 32.1 Å². The highest BCUT2D eigenvalue weighted by atomic mass is 19.1. The molecule has 184 valence electrons. The molecule has 2 aliphatic heterocycles. The van der Waals surface area contributed by atoms with Crippen LogP contribution >= 0.6 is 0 Å². The van der Waals surface area contributed by atoms with Crippen LogP contribution in [0.15, 0.2) is 35.6 Å². The van der Waals surface area contributed by atoms with Gasteiger partial charge in [0, 0.05) is 13.1 Å². The first-order valence-electron chi connectivity index (χ1n) is 11.8. The van der Waals surface area contributed by atoms with Crippen molar-refractivity contribution in [3.63, 3.8) is 0 Å². The number of hydrogen-bond acceptors (Lipinski definition) is 6. The molecule has 2 heterocycles. The zero-order valence-electron chi connectivity index (χ0n) is 19.1. The Morgan fingerprint density at radius 1 is 1.12 bits per heavy atom. The second kappa shape index (κ2) is 10.1. The summed E-state index contributed by atoms with van der Waals surface area (Å²) in [7, 11) is 0. The third kappa shape index (κ3) is 4.92. The first-order valence-corrected chi connectivity index (χ1v) is 11.8. The van der Waals surface area contributed by atoms with Crippen molar-refractivity contribution in [3.05, 3.63) is 47.0 Å². The van der Waals surface area contributed by atoms with Gasteiger partial charge in [-0.1, -0.05) is 25.0 Å². The molecule has 2 amide bonds. The van der Waals surface area contributed by atoms with Crippen molar-refractivity contribution in [3.8, 4) is 0 Å². The number of nitrogens with zero attached hydrogens (tertiary/aromatic N) is 3. The number of piperidine rings is 1. The van der Waals surface area contributed by atoms with E-state index in [4.69, 9.17) is 11.1 Å². The number of aliphatic hydroxyl groups is 2. The van der Waals surface area contributed by atoms with E-state index < -0.39 is 30.0 Å². The summed E-state index contributed by atoms with van der Waals surface area (Å²) in [5.74, 6) is -1.87. The number of carbonyl (C=O) groups excluding carboxylic acids is 2. The van der Waals surface area contributed by atoms with Crippen LogP contribution in [-0.2, 0) is 16.1 Å². The van der Waals surface area contributed by atoms with Gasteiger partial charge < -0.3 is 20.8 Å². The van der Waals surface area contributed by atoms with Gasteiger partial charge in [0.2, 0.25) is 12.3 Å². The molecule has 34 heavy (non-hydrogen) atoms. The smallest absolute Gasteiger partial charge is 0.264 e. The zero-order chi connectivity index (χ0) is 24.4. The normalized spacial score (nSPS) is 25.9. The van der Waals surface area contributed by atoms with Crippen LogP contribution in [-0.4, -0.2) is 74.6 Å². The van der Waals surface area contributed by atoms with Gasteiger partial charge in [0.25, 0.3) is 5.91 Å². The zero-order valence-corrected chi connectivity index (χ0v) is 19.1. The quantitative estimate of drug-likeness (QED) is 0.352. The number of nitrogens with two attached hydrogens (primary N) is 1. The van der Waals surface area contributed by atoms with Crippen LogP contribution < -0.4 is 5.73 Å². The number of hydrogen-bond donors (Lipinski definition) is 4. The molecule has 10 heteroatoms. The van der Waals surface area contributed by atoms with Crippen LogP contribution in [0.4, 0.5) is 4.39 Å². The summed E-state index contributed by atoms with van der Waals surface area (Å²) in [6.07, 6.45) is 3.84. The van der Waals surface area contributed by atoms with Crippen molar-refractivity contribution in [2.45, 2.75) is 57.5 Å². The van der Waals surface area contributed by atoms with Crippen molar-refractivity contribution >= 4 is 17.6 Å². The lowest BCUT2D eigenvalue weighted by molar-refractivity contribution is -0.155. The molecule has 5 N–H and O–H groups in total. The maximum atomic E-state index is 13.4. The van der Waals surface area contributed by atoms with Crippen molar-refractivity contribution in [1.82, 2.24) is 14.7 Å². The summed E-state index contributed by atoms with van der Waals surface area (Å²) in [4.78, 5) is 29.6. The van der Waals surface area contributed by atoms with Crippen LogP contribution in [0.25, 0.3) is 0 Å². The highest BCUT2D eigenvalue weighted by Crippen LogP contribution is 2.32. The number of likely N-dealkylation sites (tertiary alicyclic amines) is 1. The molecule has 9 nitrogen and oxygen atoms in total. The molecule has 1 aromatic rings. The first-order chi connectivity index (χ1) is 16.3. The predicted molar refractivity (Wildman–Crippen MR) is 123 cm³/mol. The van der Waals surface area contributed by atoms with E-state index in [0.29, 0.717) is 25.1 Å². The Bertz CT molecular complexity index is 978. The Labute approximate surface area is 198 Å². The Hall–Kier alpha value is -2.98. The summed E-state index contributed by atoms with van der Waals surface area (Å²) in [6, 6.07) is 5.14. The molecule has 3 aliphatic rings. The molecule has 2 atom stereocenters. The Kier molecular flexibility index (Phi) is 7.18. The molecular weight excluding hydrogens is 441 g/mol. The number of primary amides is 1. The number of benzene rings is 1. The fourth-order valence-corrected chi connectivity index (χ4v) is 4.89. The summed E-state index contributed by atoms with van der Waals surface area (Å²) in [6.45, 7) is 0.825. The molecule has 1 saturated carbocycles. The Morgan fingerprint density at radius 2 is 1.82 bits per heavy atom. The lowest BCUT2D eigenvalue weighted by Gasteiger charge is -2.45. The molecule has 0 radical (unpaired) electrons. The molecule has 2 unspecified atom stereocenters. The van der Waals surface area contributed by atoms with Crippen molar-refractivity contribution in [2.24, 2.45) is 11.7 Å². The highest BCUT2D eigenvalue weighted by molar-refractivity contribution is 6.21. The van der Waals surface area contributed by atoms with E-state index in [2.05, 4.69) is 0 Å². The third-order valence-electron chi connectivity index (χ3n) is 7.09. The fourth-order valence-electron chi connectivity index (χ4n) is 4.89. The molecule has 0 bridgehead atoms. The van der Waals surface area contributed by atoms with E-state index in [1.54, 1.807) is 17.0 Å². The topological polar surface area (TPSA) is 134 Å². The van der Waals surface area contributed by atoms with Gasteiger partial charge in [0.05, 0.1) is 12.6 Å². The third-order valence-corrected chi connectivity index (χ3v) is 7.09. The number of carbonyl (C=O) groups is 2. The van der Waals surface area contributed by atoms with E-state index in [1.807, 2.05) is 0 Å². The molecule has 3 fully saturated rings. The van der Waals surface area contributed by atoms with E-state index in [9.17, 15) is 24.2 Å². The summed E-state index contributed by atoms with van der Waals surface area (Å²) in [5.41, 5.74) is 5.99. The molecule has 0 spiro atoms. The van der Waals surface area contributed by atoms with E-state index in [1.165, 1.54) is 21.9 Å². The van der Waals surface area contributed by atoms with Crippen LogP contribution in [0.1, 0.15) is 44.1 Å². The average molecular weight is 474 g/mol. The van der Waals surface area contributed by atoms with Gasteiger partial charge in [0.15, 0.2) is 0 Å². The lowest BCUT2D eigenvalue weighted by Crippen LogP contribution is -2.61. The van der Waals surface area contributed by atoms with Gasteiger partial charge >= 0.3 is 0 Å². The monoisotopic (exact) mass is 473 g/mol. The van der Waals surface area contributed by atoms with Gasteiger partial charge in [-0.3, -0.25) is 24.8 Å². The molecule has 4 rings (SSSR count). The number of aliphatic hydroxyl groups excluding tert-OH is 2. The summed E-state index contributed by atoms with van der Waals surface area (Å²) >= 11 is 0. The van der Waals surface area contributed by atoms with Gasteiger partial charge in [-0.2, -0.15) is 0 Å². The van der Waals surface area contributed by atoms with Crippen molar-refractivity contribution in [2.75, 3.05) is 19.6 Å². The van der Waals surface area contributed by atoms with Crippen molar-refractivity contribution < 1.29 is 24.2 Å². The van der Waals surface area contributed by atoms with Gasteiger partial charge in [-0.15, -0.1) is 0 Å². The predicted octanol–water partition coefficient (Wildman–Crippen LogP) is 1.68. The summed E-state index contributed by atoms with van der Waals surface area (Å²) in [5, 5.41) is 30.8. The average Bonchev–Trinajstić information content (AvgIpc) is 2.77. The molecule has 0 aromatic heterocycles. The van der Waals surface area contributed by atoms with Crippen LogP contribution in [0, 0.1) is 17.1 Å². The minimum absolute atomic E-state index is 0.0547. The number of rotatable bonds is 7. The number of nitrogens with one attached hydrogen (secondary N) is 1. The second-order valence-electron chi connectivity index (χ2n) is 9.41. The largest absolute Gasteiger partial charge is 0.510 e. The minimum Gasteiger partial charge on any atom is -0.510 e. The minimum atomic E-state index is -1.38. The maximum Gasteiger partial charge on any atom is 0.264 e. The van der Waals surface area contributed by atoms with Gasteiger partial charge in [0.1, 0.15) is 23.0 Å². The number of halogens is 1. The van der Waals surface area contributed by atoms with Crippen LogP contribution in [0.2, 0.25) is 0 Å². The molecule has 1 aliphatic carbocycles. The number of amides is 2. The molecule has 2 saturated heterocycles. The van der Waals surface area contributed by atoms with Crippen LogP contribution in [0.5, 0.6) is 0 Å². The second-order valence-corrected chi connectivity index (χ2v) is 9.41. The fraction of sp³-hybridized carbons (Fsp3) is 0.542. The Morgan fingerprint density at radius 3 is 2.44 bits per heavy atom. The lowest BCUT2D eigenvalue weighted by atomic mass is 9.85. The standard InChI is InChI=1S/C24H32FN5O4/c25-17-9-7-16(8-10-17)12-29-21(26)20(23(33)30(24(29)34)13-15-4-3-5-15)19(31)14-28-11-2-1-6-18(28)22(27)32/h7-10,15,18,24,26,31,34H,1-6,11-14H2,(H2,27,32). The van der Waals surface area contributed by atoms with Gasteiger partial charge in [-0.05, 0) is 55.8 Å². The van der Waals surface area contributed by atoms with Gasteiger partial charge in [-0.25, -0.2) is 4.39 Å².